The maximum absolute atomic E-state index is 12.0. The minimum Gasteiger partial charge on any atom is -0.487 e. The first kappa shape index (κ1) is 15.3. The van der Waals surface area contributed by atoms with Gasteiger partial charge in [0, 0.05) is 10.9 Å². The lowest BCUT2D eigenvalue weighted by Gasteiger charge is -2.09. The normalized spacial score (nSPS) is 11.2. The fraction of sp³-hybridized carbons (Fsp3) is 0.231. The molecule has 0 fully saturated rings. The standard InChI is InChI=1S/C13H11F3N2O2S/c14-13(15,16)7-17-12(19)9-2-1-3-11(4-9)20-5-10-6-21-8-18-10/h1-4,6,8H,5,7H2,(H,17,19). The van der Waals surface area contributed by atoms with Gasteiger partial charge in [-0.05, 0) is 18.2 Å². The number of carbonyl (C=O) groups is 1. The Labute approximate surface area is 122 Å². The molecule has 0 bridgehead atoms. The predicted octanol–water partition coefficient (Wildman–Crippen LogP) is 3.01. The number of amides is 1. The number of benzene rings is 1. The summed E-state index contributed by atoms with van der Waals surface area (Å²) in [5.41, 5.74) is 2.52. The number of nitrogens with one attached hydrogen (secondary N) is 1. The summed E-state index contributed by atoms with van der Waals surface area (Å²) in [6, 6.07) is 5.96. The van der Waals surface area contributed by atoms with E-state index in [4.69, 9.17) is 4.74 Å². The van der Waals surface area contributed by atoms with E-state index in [-0.39, 0.29) is 12.2 Å². The molecule has 1 amide bonds. The van der Waals surface area contributed by atoms with Crippen LogP contribution >= 0.6 is 11.3 Å². The molecule has 0 radical (unpaired) electrons. The van der Waals surface area contributed by atoms with Crippen molar-refractivity contribution in [2.45, 2.75) is 12.8 Å². The zero-order chi connectivity index (χ0) is 15.3. The first-order chi connectivity index (χ1) is 9.94. The molecule has 0 atom stereocenters. The number of alkyl halides is 3. The summed E-state index contributed by atoms with van der Waals surface area (Å²) in [6.07, 6.45) is -4.44. The van der Waals surface area contributed by atoms with Crippen LogP contribution in [0.1, 0.15) is 16.1 Å². The van der Waals surface area contributed by atoms with Gasteiger partial charge in [0.05, 0.1) is 11.2 Å². The fourth-order valence-electron chi connectivity index (χ4n) is 1.48. The van der Waals surface area contributed by atoms with Crippen molar-refractivity contribution in [2.24, 2.45) is 0 Å². The highest BCUT2D eigenvalue weighted by molar-refractivity contribution is 7.07. The van der Waals surface area contributed by atoms with Gasteiger partial charge < -0.3 is 10.1 Å². The molecule has 112 valence electrons. The third-order valence-corrected chi connectivity index (χ3v) is 3.05. The summed E-state index contributed by atoms with van der Waals surface area (Å²) in [4.78, 5) is 15.6. The molecule has 1 heterocycles. The number of nitrogens with zero attached hydrogens (tertiary/aromatic N) is 1. The van der Waals surface area contributed by atoms with Crippen molar-refractivity contribution in [3.05, 3.63) is 46.4 Å². The van der Waals surface area contributed by atoms with Crippen molar-refractivity contribution in [3.63, 3.8) is 0 Å². The van der Waals surface area contributed by atoms with Crippen molar-refractivity contribution < 1.29 is 22.7 Å². The van der Waals surface area contributed by atoms with Gasteiger partial charge in [0.2, 0.25) is 0 Å². The summed E-state index contributed by atoms with van der Waals surface area (Å²) in [6.45, 7) is -1.13. The van der Waals surface area contributed by atoms with Crippen molar-refractivity contribution in [2.75, 3.05) is 6.54 Å². The van der Waals surface area contributed by atoms with Gasteiger partial charge in [-0.1, -0.05) is 6.07 Å². The minimum absolute atomic E-state index is 0.107. The molecule has 2 rings (SSSR count). The molecule has 1 N–H and O–H groups in total. The van der Waals surface area contributed by atoms with E-state index in [0.29, 0.717) is 5.75 Å². The zero-order valence-electron chi connectivity index (χ0n) is 10.7. The SMILES string of the molecule is O=C(NCC(F)(F)F)c1cccc(OCc2cscn2)c1. The van der Waals surface area contributed by atoms with E-state index < -0.39 is 18.6 Å². The van der Waals surface area contributed by atoms with E-state index in [2.05, 4.69) is 4.98 Å². The zero-order valence-corrected chi connectivity index (χ0v) is 11.5. The molecule has 4 nitrogen and oxygen atoms in total. The maximum Gasteiger partial charge on any atom is 0.405 e. The Balaban J connectivity index is 1.95. The van der Waals surface area contributed by atoms with Gasteiger partial charge in [0.25, 0.3) is 5.91 Å². The molecule has 0 saturated heterocycles. The van der Waals surface area contributed by atoms with Crippen LogP contribution in [0.25, 0.3) is 0 Å². The van der Waals surface area contributed by atoms with Crippen LogP contribution < -0.4 is 10.1 Å². The monoisotopic (exact) mass is 316 g/mol. The van der Waals surface area contributed by atoms with E-state index in [9.17, 15) is 18.0 Å². The highest BCUT2D eigenvalue weighted by atomic mass is 32.1. The van der Waals surface area contributed by atoms with Crippen LogP contribution in [0.2, 0.25) is 0 Å². The van der Waals surface area contributed by atoms with Crippen molar-refractivity contribution in [1.29, 1.82) is 0 Å². The second-order valence-electron chi connectivity index (χ2n) is 4.09. The lowest BCUT2D eigenvalue weighted by atomic mass is 10.2. The number of hydrogen-bond donors (Lipinski definition) is 1. The van der Waals surface area contributed by atoms with Crippen LogP contribution in [-0.2, 0) is 6.61 Å². The van der Waals surface area contributed by atoms with Crippen LogP contribution in [0.5, 0.6) is 5.75 Å². The number of ether oxygens (including phenoxy) is 1. The molecule has 1 aromatic carbocycles. The molecule has 0 aliphatic rings. The van der Waals surface area contributed by atoms with E-state index >= 15 is 0 Å². The summed E-state index contributed by atoms with van der Waals surface area (Å²) in [7, 11) is 0. The number of hydrogen-bond acceptors (Lipinski definition) is 4. The molecule has 0 aliphatic carbocycles. The molecule has 2 aromatic rings. The van der Waals surface area contributed by atoms with Crippen LogP contribution in [0.3, 0.4) is 0 Å². The van der Waals surface area contributed by atoms with Gasteiger partial charge in [-0.15, -0.1) is 11.3 Å². The van der Waals surface area contributed by atoms with E-state index in [1.54, 1.807) is 23.0 Å². The Morgan fingerprint density at radius 3 is 2.86 bits per heavy atom. The molecule has 0 spiro atoms. The van der Waals surface area contributed by atoms with Crippen LogP contribution in [0.4, 0.5) is 13.2 Å². The Morgan fingerprint density at radius 2 is 2.19 bits per heavy atom. The first-order valence-electron chi connectivity index (χ1n) is 5.89. The molecule has 0 saturated carbocycles. The van der Waals surface area contributed by atoms with E-state index in [0.717, 1.165) is 5.69 Å². The van der Waals surface area contributed by atoms with Crippen LogP contribution in [0.15, 0.2) is 35.2 Å². The highest BCUT2D eigenvalue weighted by Gasteiger charge is 2.27. The van der Waals surface area contributed by atoms with Gasteiger partial charge in [0.1, 0.15) is 18.9 Å². The third-order valence-electron chi connectivity index (χ3n) is 2.42. The van der Waals surface area contributed by atoms with Crippen LogP contribution in [0, 0.1) is 0 Å². The van der Waals surface area contributed by atoms with Gasteiger partial charge in [-0.2, -0.15) is 13.2 Å². The predicted molar refractivity (Wildman–Crippen MR) is 71.3 cm³/mol. The Morgan fingerprint density at radius 1 is 1.38 bits per heavy atom. The molecular weight excluding hydrogens is 305 g/mol. The molecule has 21 heavy (non-hydrogen) atoms. The van der Waals surface area contributed by atoms with Crippen molar-refractivity contribution in [3.8, 4) is 5.75 Å². The molecule has 0 aliphatic heterocycles. The van der Waals surface area contributed by atoms with E-state index in [1.807, 2.05) is 5.38 Å². The van der Waals surface area contributed by atoms with Crippen LogP contribution in [-0.4, -0.2) is 23.6 Å². The third kappa shape index (κ3) is 5.07. The number of halogens is 3. The average molecular weight is 316 g/mol. The van der Waals surface area contributed by atoms with Gasteiger partial charge >= 0.3 is 6.18 Å². The second-order valence-corrected chi connectivity index (χ2v) is 4.81. The Bertz CT molecular complexity index is 600. The van der Waals surface area contributed by atoms with E-state index in [1.165, 1.54) is 23.5 Å². The Kier molecular flexibility index (Phi) is 4.79. The number of aromatic nitrogens is 1. The number of carbonyl (C=O) groups excluding carboxylic acids is 1. The lowest BCUT2D eigenvalue weighted by molar-refractivity contribution is -0.123. The average Bonchev–Trinajstić information content (AvgIpc) is 2.95. The highest BCUT2D eigenvalue weighted by Crippen LogP contribution is 2.16. The molecule has 0 unspecified atom stereocenters. The summed E-state index contributed by atoms with van der Waals surface area (Å²) in [5.74, 6) is -0.408. The molecular formula is C13H11F3N2O2S. The Hall–Kier alpha value is -2.09. The largest absolute Gasteiger partial charge is 0.487 e. The maximum atomic E-state index is 12.0. The lowest BCUT2D eigenvalue weighted by Crippen LogP contribution is -2.33. The smallest absolute Gasteiger partial charge is 0.405 e. The fourth-order valence-corrected chi connectivity index (χ4v) is 2.02. The van der Waals surface area contributed by atoms with Gasteiger partial charge in [-0.3, -0.25) is 4.79 Å². The number of thiazole rings is 1. The summed E-state index contributed by atoms with van der Waals surface area (Å²) in [5, 5.41) is 3.62. The quantitative estimate of drug-likeness (QED) is 0.922. The summed E-state index contributed by atoms with van der Waals surface area (Å²) >= 11 is 1.43. The second kappa shape index (κ2) is 6.57. The van der Waals surface area contributed by atoms with Gasteiger partial charge in [-0.25, -0.2) is 4.98 Å². The topological polar surface area (TPSA) is 51.2 Å². The van der Waals surface area contributed by atoms with Crippen molar-refractivity contribution in [1.82, 2.24) is 10.3 Å². The number of rotatable bonds is 5. The van der Waals surface area contributed by atoms with Gasteiger partial charge in [0.15, 0.2) is 0 Å². The van der Waals surface area contributed by atoms with Crippen molar-refractivity contribution >= 4 is 17.2 Å². The molecule has 8 heteroatoms. The minimum atomic E-state index is -4.44. The first-order valence-corrected chi connectivity index (χ1v) is 6.83. The summed E-state index contributed by atoms with van der Waals surface area (Å²) < 4.78 is 41.6. The molecule has 1 aromatic heterocycles.